The van der Waals surface area contributed by atoms with E-state index in [-0.39, 0.29) is 18.4 Å². The maximum Gasteiger partial charge on any atom is 0.251 e. The second kappa shape index (κ2) is 9.01. The summed E-state index contributed by atoms with van der Waals surface area (Å²) in [6, 6.07) is 13.6. The summed E-state index contributed by atoms with van der Waals surface area (Å²) >= 11 is 0. The van der Waals surface area contributed by atoms with Crippen LogP contribution in [0.25, 0.3) is 0 Å². The van der Waals surface area contributed by atoms with Crippen LogP contribution in [0.15, 0.2) is 48.5 Å². The molecule has 4 amide bonds. The van der Waals surface area contributed by atoms with Crippen LogP contribution in [0.5, 0.6) is 0 Å². The van der Waals surface area contributed by atoms with E-state index < -0.39 is 11.8 Å². The van der Waals surface area contributed by atoms with E-state index in [0.717, 1.165) is 17.7 Å². The van der Waals surface area contributed by atoms with Crippen LogP contribution in [0.2, 0.25) is 0 Å². The molecule has 1 fully saturated rings. The third-order valence-corrected chi connectivity index (χ3v) is 4.61. The van der Waals surface area contributed by atoms with Crippen LogP contribution >= 0.6 is 0 Å². The first-order valence-electron chi connectivity index (χ1n) is 9.28. The number of primary amides is 1. The van der Waals surface area contributed by atoms with Crippen molar-refractivity contribution in [3.8, 4) is 0 Å². The normalized spacial score (nSPS) is 13.2. The van der Waals surface area contributed by atoms with Gasteiger partial charge in [-0.25, -0.2) is 0 Å². The Balaban J connectivity index is 1.53. The van der Waals surface area contributed by atoms with Gasteiger partial charge in [-0.05, 0) is 48.4 Å². The quantitative estimate of drug-likeness (QED) is 0.647. The molecule has 0 unspecified atom stereocenters. The Kier molecular flexibility index (Phi) is 6.23. The molecule has 0 spiro atoms. The summed E-state index contributed by atoms with van der Waals surface area (Å²) in [6.45, 7) is 0.788. The Bertz CT molecular complexity index is 923. The number of carbonyl (C=O) groups excluding carboxylic acids is 4. The molecular weight excluding hydrogens is 372 g/mol. The molecule has 3 rings (SSSR count). The van der Waals surface area contributed by atoms with E-state index >= 15 is 0 Å². The van der Waals surface area contributed by atoms with Crippen molar-refractivity contribution in [1.29, 1.82) is 0 Å². The molecule has 0 aromatic heterocycles. The summed E-state index contributed by atoms with van der Waals surface area (Å²) in [4.78, 5) is 48.4. The molecule has 2 aromatic rings. The molecule has 8 nitrogen and oxygen atoms in total. The van der Waals surface area contributed by atoms with Crippen molar-refractivity contribution < 1.29 is 19.2 Å². The Labute approximate surface area is 168 Å². The van der Waals surface area contributed by atoms with E-state index in [4.69, 9.17) is 5.73 Å². The molecular formula is C21H22N4O4. The summed E-state index contributed by atoms with van der Waals surface area (Å²) in [7, 11) is 0. The predicted octanol–water partition coefficient (Wildman–Crippen LogP) is 0.958. The van der Waals surface area contributed by atoms with E-state index in [1.54, 1.807) is 53.4 Å². The number of benzene rings is 2. The molecule has 0 aliphatic carbocycles. The summed E-state index contributed by atoms with van der Waals surface area (Å²) in [5, 5.41) is 5.23. The zero-order chi connectivity index (χ0) is 20.8. The second-order valence-corrected chi connectivity index (χ2v) is 6.72. The highest BCUT2D eigenvalue weighted by Gasteiger charge is 2.21. The van der Waals surface area contributed by atoms with Gasteiger partial charge in [-0.2, -0.15) is 0 Å². The summed E-state index contributed by atoms with van der Waals surface area (Å²) in [5.74, 6) is -1.13. The molecule has 150 valence electrons. The van der Waals surface area contributed by atoms with E-state index in [0.29, 0.717) is 30.6 Å². The fourth-order valence-corrected chi connectivity index (χ4v) is 3.04. The van der Waals surface area contributed by atoms with Gasteiger partial charge in [0.1, 0.15) is 0 Å². The maximum atomic E-state index is 12.3. The average Bonchev–Trinajstić information content (AvgIpc) is 3.16. The van der Waals surface area contributed by atoms with Crippen molar-refractivity contribution in [2.45, 2.75) is 19.4 Å². The van der Waals surface area contributed by atoms with Crippen molar-refractivity contribution in [2.75, 3.05) is 18.0 Å². The van der Waals surface area contributed by atoms with Gasteiger partial charge in [0.05, 0.1) is 6.54 Å². The molecule has 0 bridgehead atoms. The lowest BCUT2D eigenvalue weighted by molar-refractivity contribution is -0.117. The fraction of sp³-hybridized carbons (Fsp3) is 0.238. The topological polar surface area (TPSA) is 122 Å². The van der Waals surface area contributed by atoms with Gasteiger partial charge in [0.15, 0.2) is 0 Å². The first-order valence-corrected chi connectivity index (χ1v) is 9.28. The second-order valence-electron chi connectivity index (χ2n) is 6.72. The van der Waals surface area contributed by atoms with Crippen LogP contribution in [0.3, 0.4) is 0 Å². The number of nitrogens with one attached hydrogen (secondary N) is 2. The molecule has 1 heterocycles. The van der Waals surface area contributed by atoms with Crippen molar-refractivity contribution in [2.24, 2.45) is 5.73 Å². The number of anilines is 1. The van der Waals surface area contributed by atoms with Crippen LogP contribution in [0.1, 0.15) is 39.1 Å². The Morgan fingerprint density at radius 1 is 0.897 bits per heavy atom. The predicted molar refractivity (Wildman–Crippen MR) is 107 cm³/mol. The lowest BCUT2D eigenvalue weighted by Crippen LogP contribution is -2.33. The van der Waals surface area contributed by atoms with Gasteiger partial charge in [-0.3, -0.25) is 19.2 Å². The van der Waals surface area contributed by atoms with Crippen LogP contribution in [0.4, 0.5) is 5.69 Å². The molecule has 1 saturated heterocycles. The molecule has 0 radical (unpaired) electrons. The minimum Gasteiger partial charge on any atom is -0.368 e. The largest absolute Gasteiger partial charge is 0.368 e. The SMILES string of the molecule is NC(=O)CNC(=O)c1ccc(CNC(=O)c2ccc(N3CCCC3=O)cc2)cc1. The zero-order valence-corrected chi connectivity index (χ0v) is 15.8. The van der Waals surface area contributed by atoms with E-state index in [9.17, 15) is 19.2 Å². The number of hydrogen-bond acceptors (Lipinski definition) is 4. The number of nitrogens with zero attached hydrogens (tertiary/aromatic N) is 1. The van der Waals surface area contributed by atoms with E-state index in [1.807, 2.05) is 0 Å². The molecule has 8 heteroatoms. The monoisotopic (exact) mass is 394 g/mol. The van der Waals surface area contributed by atoms with E-state index in [1.165, 1.54) is 0 Å². The Morgan fingerprint density at radius 2 is 1.48 bits per heavy atom. The lowest BCUT2D eigenvalue weighted by Gasteiger charge is -2.15. The molecule has 0 atom stereocenters. The van der Waals surface area contributed by atoms with Gasteiger partial charge in [0.25, 0.3) is 11.8 Å². The molecule has 2 aromatic carbocycles. The summed E-state index contributed by atoms with van der Waals surface area (Å²) in [6.07, 6.45) is 1.42. The number of rotatable bonds is 7. The van der Waals surface area contributed by atoms with Gasteiger partial charge >= 0.3 is 0 Å². The third-order valence-electron chi connectivity index (χ3n) is 4.61. The summed E-state index contributed by atoms with van der Waals surface area (Å²) < 4.78 is 0. The third kappa shape index (κ3) is 5.19. The standard InChI is InChI=1S/C21H22N4O4/c22-18(26)13-24-21(29)15-5-3-14(4-6-15)12-23-20(28)16-7-9-17(10-8-16)25-11-1-2-19(25)27/h3-10H,1-2,11-13H2,(H2,22,26)(H,23,28)(H,24,29). The smallest absolute Gasteiger partial charge is 0.251 e. The fourth-order valence-electron chi connectivity index (χ4n) is 3.04. The van der Waals surface area contributed by atoms with Gasteiger partial charge < -0.3 is 21.3 Å². The molecule has 29 heavy (non-hydrogen) atoms. The highest BCUT2D eigenvalue weighted by molar-refractivity contribution is 5.98. The molecule has 1 aliphatic rings. The van der Waals surface area contributed by atoms with Crippen molar-refractivity contribution in [1.82, 2.24) is 10.6 Å². The highest BCUT2D eigenvalue weighted by atomic mass is 16.2. The average molecular weight is 394 g/mol. The minimum atomic E-state index is -0.613. The Morgan fingerprint density at radius 3 is 2.03 bits per heavy atom. The van der Waals surface area contributed by atoms with Crippen LogP contribution in [-0.2, 0) is 16.1 Å². The first-order chi connectivity index (χ1) is 13.9. The van der Waals surface area contributed by atoms with Gasteiger partial charge in [0.2, 0.25) is 11.8 Å². The molecule has 4 N–H and O–H groups in total. The maximum absolute atomic E-state index is 12.3. The van der Waals surface area contributed by atoms with Crippen LogP contribution < -0.4 is 21.3 Å². The zero-order valence-electron chi connectivity index (χ0n) is 15.8. The van der Waals surface area contributed by atoms with Crippen molar-refractivity contribution >= 4 is 29.3 Å². The molecule has 1 aliphatic heterocycles. The minimum absolute atomic E-state index is 0.106. The highest BCUT2D eigenvalue weighted by Crippen LogP contribution is 2.21. The van der Waals surface area contributed by atoms with Crippen LogP contribution in [-0.4, -0.2) is 36.7 Å². The van der Waals surface area contributed by atoms with Gasteiger partial charge in [-0.1, -0.05) is 12.1 Å². The van der Waals surface area contributed by atoms with E-state index in [2.05, 4.69) is 10.6 Å². The van der Waals surface area contributed by atoms with Gasteiger partial charge in [-0.15, -0.1) is 0 Å². The number of carbonyl (C=O) groups is 4. The number of nitrogens with two attached hydrogens (primary N) is 1. The van der Waals surface area contributed by atoms with Crippen molar-refractivity contribution in [3.05, 3.63) is 65.2 Å². The summed E-state index contributed by atoms with van der Waals surface area (Å²) in [5.41, 5.74) is 7.52. The number of amides is 4. The molecule has 0 saturated carbocycles. The lowest BCUT2D eigenvalue weighted by atomic mass is 10.1. The van der Waals surface area contributed by atoms with Gasteiger partial charge in [0, 0.05) is 36.3 Å². The Hall–Kier alpha value is -3.68. The van der Waals surface area contributed by atoms with Crippen molar-refractivity contribution in [3.63, 3.8) is 0 Å². The number of hydrogen-bond donors (Lipinski definition) is 3. The van der Waals surface area contributed by atoms with Crippen LogP contribution in [0, 0.1) is 0 Å². The first kappa shape index (κ1) is 20.1.